The predicted octanol–water partition coefficient (Wildman–Crippen LogP) is 2.53. The Kier molecular flexibility index (Phi) is 3.86. The lowest BCUT2D eigenvalue weighted by Crippen LogP contribution is -2.45. The molecule has 1 rings (SSSR count). The number of benzene rings is 1. The van der Waals surface area contributed by atoms with Crippen LogP contribution in [0.15, 0.2) is 18.2 Å². The first-order valence-corrected chi connectivity index (χ1v) is 5.07. The molecular formula is C12H17F2NO. The molecule has 0 saturated heterocycles. The van der Waals surface area contributed by atoms with Gasteiger partial charge in [0.1, 0.15) is 5.75 Å². The van der Waals surface area contributed by atoms with Crippen LogP contribution in [0.5, 0.6) is 5.75 Å². The Balaban J connectivity index is 2.90. The second-order valence-electron chi connectivity index (χ2n) is 4.29. The van der Waals surface area contributed by atoms with E-state index < -0.39 is 12.0 Å². The summed E-state index contributed by atoms with van der Waals surface area (Å²) in [6.45, 7) is 3.25. The largest absolute Gasteiger partial charge is 0.496 e. The third kappa shape index (κ3) is 2.92. The third-order valence-corrected chi connectivity index (χ3v) is 2.56. The van der Waals surface area contributed by atoms with Gasteiger partial charge in [0.15, 0.2) is 0 Å². The van der Waals surface area contributed by atoms with Crippen molar-refractivity contribution in [2.45, 2.75) is 32.2 Å². The summed E-state index contributed by atoms with van der Waals surface area (Å²) in [5.41, 5.74) is 5.76. The summed E-state index contributed by atoms with van der Waals surface area (Å²) in [6, 6.07) is 5.39. The van der Waals surface area contributed by atoms with E-state index in [0.717, 1.165) is 11.1 Å². The molecule has 1 unspecified atom stereocenters. The topological polar surface area (TPSA) is 35.2 Å². The van der Waals surface area contributed by atoms with Crippen molar-refractivity contribution in [3.8, 4) is 5.75 Å². The molecule has 1 aromatic carbocycles. The van der Waals surface area contributed by atoms with E-state index in [4.69, 9.17) is 10.5 Å². The summed E-state index contributed by atoms with van der Waals surface area (Å²) in [5.74, 6) is 0.697. The number of hydrogen-bond acceptors (Lipinski definition) is 2. The molecule has 4 heteroatoms. The molecule has 0 spiro atoms. The predicted molar refractivity (Wildman–Crippen MR) is 60.0 cm³/mol. The van der Waals surface area contributed by atoms with Gasteiger partial charge in [-0.1, -0.05) is 12.1 Å². The van der Waals surface area contributed by atoms with Crippen molar-refractivity contribution >= 4 is 0 Å². The van der Waals surface area contributed by atoms with Gasteiger partial charge in [-0.2, -0.15) is 0 Å². The Morgan fingerprint density at radius 2 is 2.06 bits per heavy atom. The molecule has 1 aromatic rings. The van der Waals surface area contributed by atoms with Gasteiger partial charge in [-0.3, -0.25) is 0 Å². The molecule has 2 nitrogen and oxygen atoms in total. The Morgan fingerprint density at radius 3 is 2.56 bits per heavy atom. The number of nitrogens with two attached hydrogens (primary N) is 1. The van der Waals surface area contributed by atoms with Crippen LogP contribution in [0.3, 0.4) is 0 Å². The van der Waals surface area contributed by atoms with E-state index in [9.17, 15) is 8.78 Å². The van der Waals surface area contributed by atoms with E-state index in [1.807, 2.05) is 13.0 Å². The maximum absolute atomic E-state index is 12.6. The lowest BCUT2D eigenvalue weighted by atomic mass is 9.94. The Morgan fingerprint density at radius 1 is 1.44 bits per heavy atom. The molecule has 0 heterocycles. The number of halogens is 2. The molecule has 0 amide bonds. The first kappa shape index (κ1) is 12.9. The number of alkyl halides is 2. The first-order chi connectivity index (χ1) is 7.36. The first-order valence-electron chi connectivity index (χ1n) is 5.07. The number of ether oxygens (including phenoxy) is 1. The number of aryl methyl sites for hydroxylation is 1. The van der Waals surface area contributed by atoms with Crippen LogP contribution in [0, 0.1) is 6.92 Å². The zero-order chi connectivity index (χ0) is 12.3. The van der Waals surface area contributed by atoms with E-state index in [0.29, 0.717) is 5.75 Å². The highest BCUT2D eigenvalue weighted by Crippen LogP contribution is 2.23. The van der Waals surface area contributed by atoms with E-state index in [1.165, 1.54) is 6.92 Å². The van der Waals surface area contributed by atoms with Gasteiger partial charge < -0.3 is 10.5 Å². The second-order valence-corrected chi connectivity index (χ2v) is 4.29. The Labute approximate surface area is 94.4 Å². The molecule has 1 atom stereocenters. The smallest absolute Gasteiger partial charge is 0.256 e. The van der Waals surface area contributed by atoms with Gasteiger partial charge in [0.25, 0.3) is 6.43 Å². The zero-order valence-electron chi connectivity index (χ0n) is 9.76. The van der Waals surface area contributed by atoms with Gasteiger partial charge in [0.05, 0.1) is 12.6 Å². The lowest BCUT2D eigenvalue weighted by molar-refractivity contribution is 0.0639. The molecule has 0 bridgehead atoms. The van der Waals surface area contributed by atoms with E-state index in [1.54, 1.807) is 19.2 Å². The summed E-state index contributed by atoms with van der Waals surface area (Å²) < 4.78 is 30.3. The van der Waals surface area contributed by atoms with Gasteiger partial charge in [-0.05, 0) is 37.5 Å². The Bertz CT molecular complexity index is 364. The Hall–Kier alpha value is -1.16. The van der Waals surface area contributed by atoms with Crippen molar-refractivity contribution in [2.75, 3.05) is 7.11 Å². The van der Waals surface area contributed by atoms with Crippen LogP contribution in [0.25, 0.3) is 0 Å². The molecule has 0 saturated carbocycles. The van der Waals surface area contributed by atoms with E-state index in [-0.39, 0.29) is 6.42 Å². The summed E-state index contributed by atoms with van der Waals surface area (Å²) >= 11 is 0. The van der Waals surface area contributed by atoms with Crippen molar-refractivity contribution in [3.63, 3.8) is 0 Å². The van der Waals surface area contributed by atoms with Crippen molar-refractivity contribution in [2.24, 2.45) is 5.73 Å². The number of methoxy groups -OCH3 is 1. The molecule has 0 aromatic heterocycles. The van der Waals surface area contributed by atoms with Gasteiger partial charge in [-0.25, -0.2) is 8.78 Å². The maximum Gasteiger partial charge on any atom is 0.256 e. The molecule has 2 N–H and O–H groups in total. The summed E-state index contributed by atoms with van der Waals surface area (Å²) in [7, 11) is 1.56. The fraction of sp³-hybridized carbons (Fsp3) is 0.500. The highest BCUT2D eigenvalue weighted by molar-refractivity contribution is 5.37. The van der Waals surface area contributed by atoms with Gasteiger partial charge in [0.2, 0.25) is 0 Å². The van der Waals surface area contributed by atoms with Crippen molar-refractivity contribution in [1.29, 1.82) is 0 Å². The molecule has 0 fully saturated rings. The molecule has 90 valence electrons. The average molecular weight is 229 g/mol. The summed E-state index contributed by atoms with van der Waals surface area (Å²) in [6.07, 6.45) is -2.42. The molecule has 0 radical (unpaired) electrons. The minimum atomic E-state index is -2.54. The van der Waals surface area contributed by atoms with Crippen LogP contribution in [0.4, 0.5) is 8.78 Å². The minimum Gasteiger partial charge on any atom is -0.496 e. The SMILES string of the molecule is COc1cc(CC(C)(N)C(F)F)ccc1C. The molecule has 16 heavy (non-hydrogen) atoms. The highest BCUT2D eigenvalue weighted by atomic mass is 19.3. The highest BCUT2D eigenvalue weighted by Gasteiger charge is 2.30. The zero-order valence-corrected chi connectivity index (χ0v) is 9.76. The molecule has 0 aliphatic carbocycles. The normalized spacial score (nSPS) is 14.9. The van der Waals surface area contributed by atoms with Crippen molar-refractivity contribution in [3.05, 3.63) is 29.3 Å². The minimum absolute atomic E-state index is 0.126. The molecule has 0 aliphatic heterocycles. The maximum atomic E-state index is 12.6. The van der Waals surface area contributed by atoms with Crippen LogP contribution in [0.2, 0.25) is 0 Å². The standard InChI is InChI=1S/C12H17F2NO/c1-8-4-5-9(6-10(8)16-3)7-12(2,15)11(13)14/h4-6,11H,7,15H2,1-3H3. The second kappa shape index (κ2) is 4.78. The fourth-order valence-electron chi connectivity index (χ4n) is 1.49. The van der Waals surface area contributed by atoms with Crippen LogP contribution in [0.1, 0.15) is 18.1 Å². The molecule has 0 aliphatic rings. The fourth-order valence-corrected chi connectivity index (χ4v) is 1.49. The van der Waals surface area contributed by atoms with Crippen molar-refractivity contribution in [1.82, 2.24) is 0 Å². The average Bonchev–Trinajstić information content (AvgIpc) is 2.20. The summed E-state index contributed by atoms with van der Waals surface area (Å²) in [5, 5.41) is 0. The van der Waals surface area contributed by atoms with Gasteiger partial charge >= 0.3 is 0 Å². The van der Waals surface area contributed by atoms with Gasteiger partial charge in [-0.15, -0.1) is 0 Å². The third-order valence-electron chi connectivity index (χ3n) is 2.56. The lowest BCUT2D eigenvalue weighted by Gasteiger charge is -2.23. The van der Waals surface area contributed by atoms with Crippen LogP contribution in [-0.4, -0.2) is 19.1 Å². The number of hydrogen-bond donors (Lipinski definition) is 1. The van der Waals surface area contributed by atoms with E-state index in [2.05, 4.69) is 0 Å². The van der Waals surface area contributed by atoms with Crippen LogP contribution < -0.4 is 10.5 Å². The summed E-state index contributed by atoms with van der Waals surface area (Å²) in [4.78, 5) is 0. The van der Waals surface area contributed by atoms with Crippen LogP contribution >= 0.6 is 0 Å². The van der Waals surface area contributed by atoms with Gasteiger partial charge in [0, 0.05) is 0 Å². The quantitative estimate of drug-likeness (QED) is 0.861. The van der Waals surface area contributed by atoms with Crippen molar-refractivity contribution < 1.29 is 13.5 Å². The molecular weight excluding hydrogens is 212 g/mol. The van der Waals surface area contributed by atoms with E-state index >= 15 is 0 Å². The number of rotatable bonds is 4. The van der Waals surface area contributed by atoms with Crippen LogP contribution in [-0.2, 0) is 6.42 Å². The monoisotopic (exact) mass is 229 g/mol.